The second-order valence-electron chi connectivity index (χ2n) is 3.45. The molecule has 0 N–H and O–H groups in total. The Balaban J connectivity index is 3.78. The molecule has 0 aromatic rings. The smallest absolute Gasteiger partial charge is 0.0937 e. The minimum absolute atomic E-state index is 0.731. The normalized spacial score (nSPS) is 10.4. The summed E-state index contributed by atoms with van der Waals surface area (Å²) in [5.41, 5.74) is 0.731. The van der Waals surface area contributed by atoms with Crippen molar-refractivity contribution >= 4 is 8.07 Å². The van der Waals surface area contributed by atoms with Gasteiger partial charge >= 0.3 is 0 Å². The zero-order valence-corrected chi connectivity index (χ0v) is 7.36. The molecule has 0 bridgehead atoms. The lowest BCUT2D eigenvalue weighted by atomic mass is 10.4. The molecule has 0 unspecified atom stereocenters. The van der Waals surface area contributed by atoms with Crippen LogP contribution < -0.4 is 0 Å². The first kappa shape index (κ1) is 8.45. The number of nitrogens with zero attached hydrogens (tertiary/aromatic N) is 1. The average Bonchev–Trinajstić information content (AvgIpc) is 1.62. The molecule has 0 aliphatic carbocycles. The molecule has 0 saturated heterocycles. The second kappa shape index (κ2) is 2.84. The van der Waals surface area contributed by atoms with Gasteiger partial charge in [0.05, 0.1) is 6.07 Å². The van der Waals surface area contributed by atoms with Crippen molar-refractivity contribution in [3.05, 3.63) is 12.2 Å². The van der Waals surface area contributed by atoms with E-state index in [0.717, 1.165) is 11.6 Å². The van der Waals surface area contributed by atoms with E-state index in [1.807, 2.05) is 0 Å². The van der Waals surface area contributed by atoms with E-state index in [4.69, 9.17) is 5.26 Å². The molecule has 0 amide bonds. The molecule has 1 nitrogen and oxygen atoms in total. The lowest BCUT2D eigenvalue weighted by molar-refractivity contribution is 1.39. The van der Waals surface area contributed by atoms with E-state index in [2.05, 4.69) is 32.3 Å². The summed E-state index contributed by atoms with van der Waals surface area (Å²) in [5.74, 6) is 0. The van der Waals surface area contributed by atoms with Crippen molar-refractivity contribution in [2.24, 2.45) is 0 Å². The molecule has 50 valence electrons. The lowest BCUT2D eigenvalue weighted by Crippen LogP contribution is -2.19. The maximum atomic E-state index is 8.37. The van der Waals surface area contributed by atoms with Crippen LogP contribution in [0.4, 0.5) is 0 Å². The fourth-order valence-electron chi connectivity index (χ4n) is 0.680. The third-order valence-electron chi connectivity index (χ3n) is 0.902. The van der Waals surface area contributed by atoms with Gasteiger partial charge in [-0.2, -0.15) is 5.26 Å². The van der Waals surface area contributed by atoms with Crippen LogP contribution in [-0.2, 0) is 0 Å². The Labute approximate surface area is 58.0 Å². The van der Waals surface area contributed by atoms with Gasteiger partial charge in [0, 0.05) is 13.6 Å². The first-order valence-electron chi connectivity index (χ1n) is 3.03. The van der Waals surface area contributed by atoms with Crippen LogP contribution in [0, 0.1) is 11.3 Å². The van der Waals surface area contributed by atoms with E-state index in [9.17, 15) is 0 Å². The first-order valence-corrected chi connectivity index (χ1v) is 6.74. The predicted octanol–water partition coefficient (Wildman–Crippen LogP) is 2.40. The summed E-state index contributed by atoms with van der Waals surface area (Å²) >= 11 is 0. The summed E-state index contributed by atoms with van der Waals surface area (Å²) < 4.78 is 0. The van der Waals surface area contributed by atoms with Gasteiger partial charge in [0.25, 0.3) is 0 Å². The van der Waals surface area contributed by atoms with Gasteiger partial charge < -0.3 is 0 Å². The highest BCUT2D eigenvalue weighted by molar-refractivity contribution is 6.76. The minimum atomic E-state index is -1.06. The molecule has 0 aliphatic rings. The maximum absolute atomic E-state index is 8.37. The highest BCUT2D eigenvalue weighted by Crippen LogP contribution is 2.13. The van der Waals surface area contributed by atoms with E-state index in [1.54, 1.807) is 0 Å². The van der Waals surface area contributed by atoms with Crippen molar-refractivity contribution in [2.45, 2.75) is 25.7 Å². The Bertz CT molecular complexity index is 147. The van der Waals surface area contributed by atoms with Gasteiger partial charge in [-0.1, -0.05) is 26.2 Å². The molecular formula is C7H13NSi. The van der Waals surface area contributed by atoms with Gasteiger partial charge in [0.1, 0.15) is 0 Å². The number of hydrogen-bond donors (Lipinski definition) is 0. The van der Waals surface area contributed by atoms with Gasteiger partial charge in [-0.15, -0.1) is 0 Å². The molecule has 0 atom stereocenters. The Morgan fingerprint density at radius 1 is 1.56 bits per heavy atom. The van der Waals surface area contributed by atoms with Crippen LogP contribution in [0.3, 0.4) is 0 Å². The third kappa shape index (κ3) is 5.32. The van der Waals surface area contributed by atoms with Crippen molar-refractivity contribution in [2.75, 3.05) is 0 Å². The van der Waals surface area contributed by atoms with Crippen molar-refractivity contribution in [1.29, 1.82) is 5.26 Å². The van der Waals surface area contributed by atoms with Crippen LogP contribution in [0.25, 0.3) is 0 Å². The average molecular weight is 139 g/mol. The topological polar surface area (TPSA) is 23.8 Å². The summed E-state index contributed by atoms with van der Waals surface area (Å²) in [4.78, 5) is 0. The SMILES string of the molecule is C=C(C#N)C[Si](C)(C)C. The molecule has 9 heavy (non-hydrogen) atoms. The first-order chi connectivity index (χ1) is 3.95. The summed E-state index contributed by atoms with van der Waals surface area (Å²) in [6.45, 7) is 10.3. The third-order valence-corrected chi connectivity index (χ3v) is 2.39. The quantitative estimate of drug-likeness (QED) is 0.426. The summed E-state index contributed by atoms with van der Waals surface area (Å²) in [7, 11) is -1.06. The lowest BCUT2D eigenvalue weighted by Gasteiger charge is -2.12. The molecule has 0 aromatic heterocycles. The Morgan fingerprint density at radius 3 is 2.11 bits per heavy atom. The molecule has 0 heterocycles. The van der Waals surface area contributed by atoms with Crippen LogP contribution in [0.5, 0.6) is 0 Å². The van der Waals surface area contributed by atoms with Crippen LogP contribution in [0.2, 0.25) is 25.7 Å². The van der Waals surface area contributed by atoms with Crippen LogP contribution in [0.1, 0.15) is 0 Å². The van der Waals surface area contributed by atoms with E-state index >= 15 is 0 Å². The monoisotopic (exact) mass is 139 g/mol. The summed E-state index contributed by atoms with van der Waals surface area (Å²) in [6, 6.07) is 3.00. The predicted molar refractivity (Wildman–Crippen MR) is 42.9 cm³/mol. The zero-order chi connectivity index (χ0) is 7.49. The molecule has 0 fully saturated rings. The van der Waals surface area contributed by atoms with Crippen LogP contribution in [-0.4, -0.2) is 8.07 Å². The van der Waals surface area contributed by atoms with Crippen LogP contribution >= 0.6 is 0 Å². The Kier molecular flexibility index (Phi) is 2.66. The summed E-state index contributed by atoms with van der Waals surface area (Å²) in [6.07, 6.45) is 0. The fraction of sp³-hybridized carbons (Fsp3) is 0.571. The molecule has 0 rings (SSSR count). The fourth-order valence-corrected chi connectivity index (χ4v) is 2.04. The van der Waals surface area contributed by atoms with Crippen molar-refractivity contribution in [3.63, 3.8) is 0 Å². The molecule has 0 saturated carbocycles. The van der Waals surface area contributed by atoms with Crippen molar-refractivity contribution in [1.82, 2.24) is 0 Å². The molecule has 0 aromatic carbocycles. The molecule has 0 aliphatic heterocycles. The van der Waals surface area contributed by atoms with Gasteiger partial charge in [0.2, 0.25) is 0 Å². The van der Waals surface area contributed by atoms with Crippen LogP contribution in [0.15, 0.2) is 12.2 Å². The largest absolute Gasteiger partial charge is 0.193 e. The Hall–Kier alpha value is -0.553. The number of allylic oxidation sites excluding steroid dienone is 1. The molecule has 0 spiro atoms. The molecule has 0 radical (unpaired) electrons. The van der Waals surface area contributed by atoms with Gasteiger partial charge in [-0.3, -0.25) is 0 Å². The van der Waals surface area contributed by atoms with E-state index in [1.165, 1.54) is 0 Å². The number of nitriles is 1. The second-order valence-corrected chi connectivity index (χ2v) is 8.93. The van der Waals surface area contributed by atoms with E-state index in [-0.39, 0.29) is 0 Å². The van der Waals surface area contributed by atoms with Crippen molar-refractivity contribution in [3.8, 4) is 6.07 Å². The zero-order valence-electron chi connectivity index (χ0n) is 6.36. The van der Waals surface area contributed by atoms with Gasteiger partial charge in [-0.25, -0.2) is 0 Å². The van der Waals surface area contributed by atoms with E-state index in [0.29, 0.717) is 0 Å². The summed E-state index contributed by atoms with van der Waals surface area (Å²) in [5, 5.41) is 8.37. The van der Waals surface area contributed by atoms with E-state index < -0.39 is 8.07 Å². The van der Waals surface area contributed by atoms with Gasteiger partial charge in [-0.05, 0) is 6.04 Å². The maximum Gasteiger partial charge on any atom is 0.0937 e. The van der Waals surface area contributed by atoms with Crippen molar-refractivity contribution < 1.29 is 0 Å². The standard InChI is InChI=1S/C7H13NSi/c1-7(5-8)6-9(2,3)4/h1,6H2,2-4H3. The highest BCUT2D eigenvalue weighted by atomic mass is 28.3. The number of rotatable bonds is 2. The Morgan fingerprint density at radius 2 is 2.00 bits per heavy atom. The van der Waals surface area contributed by atoms with Gasteiger partial charge in [0.15, 0.2) is 0 Å². The number of hydrogen-bond acceptors (Lipinski definition) is 1. The highest BCUT2D eigenvalue weighted by Gasteiger charge is 2.13. The molecule has 2 heteroatoms. The minimum Gasteiger partial charge on any atom is -0.193 e. The molecular weight excluding hydrogens is 126 g/mol.